The number of hydrogen-bond donors (Lipinski definition) is 0. The summed E-state index contributed by atoms with van der Waals surface area (Å²) in [6.07, 6.45) is 0. The maximum Gasteiger partial charge on any atom is 0.110 e. The molecular formula is H3BP2TmY. The molecule has 0 N–H and O–H groups in total. The average Bonchev–Trinajstić information content (AvgIpc) is 0.918. The van der Waals surface area contributed by atoms with Crippen LogP contribution in [0.25, 0.3) is 0 Å². The molecule has 0 aromatic heterocycles. The molecule has 0 bridgehead atoms. The van der Waals surface area contributed by atoms with Gasteiger partial charge < -0.3 is 0 Å². The quantitative estimate of drug-likeness (QED) is 0.448. The van der Waals surface area contributed by atoms with Gasteiger partial charge in [-0.25, -0.2) is 0 Å². The topological polar surface area (TPSA) is 0 Å². The molecule has 2 atom stereocenters. The second-order valence-electron chi connectivity index (χ2n) is 0.167. The van der Waals surface area contributed by atoms with Gasteiger partial charge in [0.1, 0.15) is 7.57 Å². The van der Waals surface area contributed by atoms with E-state index in [-0.39, 0.29) is 69.6 Å². The third-order valence-corrected chi connectivity index (χ3v) is 0. The number of rotatable bonds is 0. The molecule has 0 aliphatic heterocycles. The first kappa shape index (κ1) is 15.7. The molecule has 0 saturated heterocycles. The van der Waals surface area contributed by atoms with E-state index in [1.54, 1.807) is 0 Å². The molecule has 0 aromatic carbocycles. The molecule has 0 spiro atoms. The summed E-state index contributed by atoms with van der Waals surface area (Å²) in [5, 5.41) is 0. The summed E-state index contributed by atoms with van der Waals surface area (Å²) in [6.45, 7) is 0. The molecule has 0 aliphatic rings. The second-order valence-corrected chi connectivity index (χ2v) is 1.50. The van der Waals surface area contributed by atoms with Crippen LogP contribution in [0, 0.1) is 36.9 Å². The van der Waals surface area contributed by atoms with Gasteiger partial charge in [-0.15, -0.1) is 8.93 Å². The van der Waals surface area contributed by atoms with Gasteiger partial charge in [-0.3, -0.25) is 0 Å². The Kier molecular flexibility index (Phi) is 49.3. The Balaban J connectivity index is -0.0000000200. The molecule has 32 valence electrons. The summed E-state index contributed by atoms with van der Waals surface area (Å²) in [6, 6.07) is 0. The number of hydrogen-bond acceptors (Lipinski definition) is 0. The largest absolute Gasteiger partial charge is 0.153 e. The Hall–Kier alpha value is 3.26. The van der Waals surface area contributed by atoms with Crippen LogP contribution in [-0.4, -0.2) is 7.57 Å². The van der Waals surface area contributed by atoms with Crippen molar-refractivity contribution in [3.8, 4) is 0 Å². The molecule has 5 heavy (non-hydrogen) atoms. The van der Waals surface area contributed by atoms with Crippen molar-refractivity contribution in [1.29, 1.82) is 0 Å². The van der Waals surface area contributed by atoms with Crippen molar-refractivity contribution < 1.29 is 69.6 Å². The van der Waals surface area contributed by atoms with Crippen molar-refractivity contribution in [2.45, 2.75) is 0 Å². The molecule has 0 aromatic rings. The van der Waals surface area contributed by atoms with Gasteiger partial charge in [0.05, 0.1) is 0 Å². The molecule has 2 unspecified atom stereocenters. The zero-order chi connectivity index (χ0) is 2.71. The van der Waals surface area contributed by atoms with Crippen molar-refractivity contribution in [1.82, 2.24) is 0 Å². The zero-order valence-corrected chi connectivity index (χ0v) is 9.28. The van der Waals surface area contributed by atoms with Gasteiger partial charge >= 0.3 is 0 Å². The van der Waals surface area contributed by atoms with E-state index in [9.17, 15) is 0 Å². The van der Waals surface area contributed by atoms with E-state index in [2.05, 4.69) is 8.93 Å². The first-order chi connectivity index (χ1) is 1.41. The van der Waals surface area contributed by atoms with Crippen LogP contribution < -0.4 is 0 Å². The SMILES string of the molecule is [B]PP.[Tm].[Y]. The molecule has 0 nitrogen and oxygen atoms in total. The van der Waals surface area contributed by atoms with Crippen molar-refractivity contribution >= 4 is 24.6 Å². The Morgan fingerprint density at radius 1 is 1.60 bits per heavy atom. The minimum atomic E-state index is 0. The van der Waals surface area contributed by atoms with Crippen LogP contribution in [0.2, 0.25) is 0 Å². The van der Waals surface area contributed by atoms with Gasteiger partial charge in [0, 0.05) is 69.6 Å². The monoisotopic (exact) mass is 334 g/mol. The third-order valence-electron chi connectivity index (χ3n) is 0. The first-order valence-electron chi connectivity index (χ1n) is 0.577. The summed E-state index contributed by atoms with van der Waals surface area (Å²) < 4.78 is 0. The summed E-state index contributed by atoms with van der Waals surface area (Å²) >= 11 is 0. The molecule has 0 amide bonds. The van der Waals surface area contributed by atoms with Gasteiger partial charge in [0.15, 0.2) is 0 Å². The normalized spacial score (nSPS) is 5.80. The fraction of sp³-hybridized carbons (Fsp3) is 0. The summed E-state index contributed by atoms with van der Waals surface area (Å²) in [7, 11) is 7.72. The molecule has 0 aliphatic carbocycles. The minimum Gasteiger partial charge on any atom is -0.153 e. The van der Waals surface area contributed by atoms with E-state index >= 15 is 0 Å². The van der Waals surface area contributed by atoms with Crippen molar-refractivity contribution in [2.75, 3.05) is 0 Å². The minimum absolute atomic E-state index is 0. The molecule has 0 fully saturated rings. The fourth-order valence-electron chi connectivity index (χ4n) is 0. The van der Waals surface area contributed by atoms with Gasteiger partial charge in [-0.2, -0.15) is 8.15 Å². The molecule has 0 heterocycles. The van der Waals surface area contributed by atoms with Crippen LogP contribution in [-0.2, 0) is 32.7 Å². The molecule has 0 rings (SSSR count). The van der Waals surface area contributed by atoms with Gasteiger partial charge in [0.2, 0.25) is 0 Å². The third kappa shape index (κ3) is 18.9. The van der Waals surface area contributed by atoms with E-state index in [0.29, 0.717) is 8.15 Å². The van der Waals surface area contributed by atoms with E-state index in [1.165, 1.54) is 0 Å². The standard InChI is InChI=1S/BH3P2.Tm.Y/c1-3-2;;/h3H,2H2;;. The van der Waals surface area contributed by atoms with Crippen molar-refractivity contribution in [3.63, 3.8) is 0 Å². The van der Waals surface area contributed by atoms with Crippen molar-refractivity contribution in [2.24, 2.45) is 0 Å². The van der Waals surface area contributed by atoms with Gasteiger partial charge in [0.25, 0.3) is 0 Å². The van der Waals surface area contributed by atoms with Gasteiger partial charge in [-0.1, -0.05) is 0 Å². The Morgan fingerprint density at radius 2 is 1.60 bits per heavy atom. The van der Waals surface area contributed by atoms with Crippen LogP contribution in [0.1, 0.15) is 0 Å². The summed E-state index contributed by atoms with van der Waals surface area (Å²) in [5.41, 5.74) is 0. The predicted molar refractivity (Wildman–Crippen MR) is 23.8 cm³/mol. The second kappa shape index (κ2) is 15.7. The zero-order valence-electron chi connectivity index (χ0n) is 2.51. The molecule has 5 heteroatoms. The van der Waals surface area contributed by atoms with Crippen LogP contribution in [0.3, 0.4) is 0 Å². The maximum absolute atomic E-state index is 4.84. The molecular weight excluding hydrogens is 331 g/mol. The van der Waals surface area contributed by atoms with Crippen LogP contribution in [0.15, 0.2) is 0 Å². The predicted octanol–water partition coefficient (Wildman–Crippen LogP) is 0.536. The van der Waals surface area contributed by atoms with E-state index < -0.39 is 0 Å². The fourth-order valence-corrected chi connectivity index (χ4v) is 0. The Bertz CT molecular complexity index is 9.61. The first-order valence-corrected chi connectivity index (χ1v) is 3.46. The van der Waals surface area contributed by atoms with Crippen LogP contribution in [0.4, 0.5) is 0 Å². The average molecular weight is 334 g/mol. The van der Waals surface area contributed by atoms with E-state index in [4.69, 9.17) is 7.57 Å². The molecule has 4 radical (unpaired) electrons. The van der Waals surface area contributed by atoms with Crippen molar-refractivity contribution in [3.05, 3.63) is 0 Å². The van der Waals surface area contributed by atoms with Crippen LogP contribution in [0.5, 0.6) is 0 Å². The summed E-state index contributed by atoms with van der Waals surface area (Å²) in [5.74, 6) is 0. The van der Waals surface area contributed by atoms with Gasteiger partial charge in [-0.05, 0) is 0 Å². The molecule has 0 saturated carbocycles. The van der Waals surface area contributed by atoms with E-state index in [0.717, 1.165) is 0 Å². The van der Waals surface area contributed by atoms with E-state index in [1.807, 2.05) is 0 Å². The smallest absolute Gasteiger partial charge is 0.110 e. The Morgan fingerprint density at radius 3 is 1.60 bits per heavy atom. The Labute approximate surface area is 92.3 Å². The summed E-state index contributed by atoms with van der Waals surface area (Å²) in [4.78, 5) is 0. The maximum atomic E-state index is 4.84. The van der Waals surface area contributed by atoms with Crippen LogP contribution >= 0.6 is 17.1 Å².